The zero-order valence-corrected chi connectivity index (χ0v) is 25.9. The van der Waals surface area contributed by atoms with E-state index in [2.05, 4.69) is 112 Å². The molecule has 0 radical (unpaired) electrons. The molecule has 3 aliphatic heterocycles. The summed E-state index contributed by atoms with van der Waals surface area (Å²) in [6.45, 7) is 39.7. The van der Waals surface area contributed by atoms with E-state index in [-0.39, 0.29) is 14.9 Å². The lowest BCUT2D eigenvalue weighted by Crippen LogP contribution is -2.50. The molecule has 37 heavy (non-hydrogen) atoms. The largest absolute Gasteiger partial charge is 0.298 e. The minimum absolute atomic E-state index is 0. The van der Waals surface area contributed by atoms with Crippen LogP contribution in [0.5, 0.6) is 0 Å². The highest BCUT2D eigenvalue weighted by molar-refractivity contribution is 4.77. The Labute approximate surface area is 235 Å². The number of rotatable bonds is 6. The van der Waals surface area contributed by atoms with E-state index >= 15 is 0 Å². The maximum absolute atomic E-state index is 2.55. The summed E-state index contributed by atoms with van der Waals surface area (Å²) in [5.74, 6) is 0. The first-order valence-electron chi connectivity index (χ1n) is 14.8. The van der Waals surface area contributed by atoms with Crippen LogP contribution in [-0.2, 0) is 0 Å². The fraction of sp³-hybridized carbons (Fsp3) is 1.00. The van der Waals surface area contributed by atoms with Gasteiger partial charge < -0.3 is 0 Å². The Morgan fingerprint density at radius 3 is 0.676 bits per heavy atom. The predicted molar refractivity (Wildman–Crippen MR) is 169 cm³/mol. The fourth-order valence-corrected chi connectivity index (χ4v) is 4.94. The van der Waals surface area contributed by atoms with Crippen LogP contribution in [0.15, 0.2) is 0 Å². The van der Waals surface area contributed by atoms with Gasteiger partial charge in [0.2, 0.25) is 0 Å². The molecule has 226 valence electrons. The molecule has 0 aromatic rings. The summed E-state index contributed by atoms with van der Waals surface area (Å²) >= 11 is 0. The molecular formula is C31H72N6. The number of nitrogens with zero attached hydrogens (tertiary/aromatic N) is 6. The molecular weight excluding hydrogens is 456 g/mol. The van der Waals surface area contributed by atoms with Crippen molar-refractivity contribution in [3.8, 4) is 0 Å². The summed E-state index contributed by atoms with van der Waals surface area (Å²) in [4.78, 5) is 15.2. The first-order chi connectivity index (χ1) is 16.3. The Hall–Kier alpha value is -0.240. The average molecular weight is 529 g/mol. The van der Waals surface area contributed by atoms with Crippen LogP contribution in [-0.4, -0.2) is 131 Å². The zero-order valence-electron chi connectivity index (χ0n) is 25.9. The van der Waals surface area contributed by atoms with Gasteiger partial charge in [-0.05, 0) is 89.5 Å². The molecule has 6 nitrogen and oxygen atoms in total. The van der Waals surface area contributed by atoms with Crippen molar-refractivity contribution in [2.45, 2.75) is 141 Å². The van der Waals surface area contributed by atoms with E-state index in [1.165, 1.54) is 58.8 Å². The van der Waals surface area contributed by atoms with E-state index in [9.17, 15) is 0 Å². The van der Waals surface area contributed by atoms with E-state index in [4.69, 9.17) is 0 Å². The third-order valence-corrected chi connectivity index (χ3v) is 8.02. The van der Waals surface area contributed by atoms with Crippen LogP contribution in [0.1, 0.15) is 104 Å². The van der Waals surface area contributed by atoms with Crippen LogP contribution >= 0.6 is 0 Å². The monoisotopic (exact) mass is 529 g/mol. The van der Waals surface area contributed by atoms with Crippen molar-refractivity contribution in [1.82, 2.24) is 29.4 Å². The Balaban J connectivity index is 0. The highest BCUT2D eigenvalue weighted by atomic mass is 15.4. The summed E-state index contributed by atoms with van der Waals surface area (Å²) in [5, 5.41) is 0. The Bertz CT molecular complexity index is 482. The molecule has 3 saturated heterocycles. The smallest absolute Gasteiger partial charge is 0.0512 e. The van der Waals surface area contributed by atoms with Crippen molar-refractivity contribution >= 4 is 0 Å². The molecule has 0 aliphatic carbocycles. The SMILES string of the molecule is C.C.CC(C)N1CCCN(C(C)C)C1.CC(C)N1CCN(C(C)C)C1.CC(C)N1CCN(C(C)C)CC1. The standard InChI is InChI=1S/2C10H22N2.C9H20N2.2CH4/c1-9(2)11-5-7-12(8-6-11)10(3)4;1-9(2)11-6-5-7-12(8-11)10(3)4;1-8(2)10-5-6-11(7-10)9(3)4;;/h2*9-10H,5-8H2,1-4H3;8-9H,5-7H2,1-4H3;2*1H4. The van der Waals surface area contributed by atoms with Gasteiger partial charge in [0, 0.05) is 88.6 Å². The molecule has 3 rings (SSSR count). The van der Waals surface area contributed by atoms with Crippen LogP contribution in [0.25, 0.3) is 0 Å². The lowest BCUT2D eigenvalue weighted by Gasteiger charge is -2.39. The number of hydrogen-bond acceptors (Lipinski definition) is 6. The molecule has 6 heteroatoms. The van der Waals surface area contributed by atoms with Crippen molar-refractivity contribution in [3.63, 3.8) is 0 Å². The lowest BCUT2D eigenvalue weighted by atomic mass is 10.2. The van der Waals surface area contributed by atoms with E-state index in [0.29, 0.717) is 24.2 Å². The second-order valence-corrected chi connectivity index (χ2v) is 12.5. The molecule has 0 N–H and O–H groups in total. The number of piperazine rings is 1. The van der Waals surface area contributed by atoms with Gasteiger partial charge in [-0.1, -0.05) is 14.9 Å². The van der Waals surface area contributed by atoms with Gasteiger partial charge >= 0.3 is 0 Å². The second kappa shape index (κ2) is 19.8. The molecule has 0 bridgehead atoms. The zero-order chi connectivity index (χ0) is 26.7. The van der Waals surface area contributed by atoms with Gasteiger partial charge in [-0.15, -0.1) is 0 Å². The van der Waals surface area contributed by atoms with Crippen molar-refractivity contribution in [1.29, 1.82) is 0 Å². The van der Waals surface area contributed by atoms with Gasteiger partial charge in [-0.2, -0.15) is 0 Å². The van der Waals surface area contributed by atoms with Crippen molar-refractivity contribution in [2.75, 3.05) is 65.7 Å². The Kier molecular flexibility index (Phi) is 20.8. The first-order valence-corrected chi connectivity index (χ1v) is 14.8. The molecule has 0 unspecified atom stereocenters. The highest BCUT2D eigenvalue weighted by Gasteiger charge is 2.23. The number of hydrogen-bond donors (Lipinski definition) is 0. The maximum atomic E-state index is 2.55. The molecule has 0 aromatic heterocycles. The summed E-state index contributed by atoms with van der Waals surface area (Å²) < 4.78 is 0. The van der Waals surface area contributed by atoms with Crippen molar-refractivity contribution < 1.29 is 0 Å². The van der Waals surface area contributed by atoms with Crippen LogP contribution in [0.3, 0.4) is 0 Å². The van der Waals surface area contributed by atoms with Gasteiger partial charge in [0.25, 0.3) is 0 Å². The summed E-state index contributed by atoms with van der Waals surface area (Å²) in [6, 6.07) is 4.26. The summed E-state index contributed by atoms with van der Waals surface area (Å²) in [6.07, 6.45) is 1.33. The van der Waals surface area contributed by atoms with E-state index in [0.717, 1.165) is 25.4 Å². The second-order valence-electron chi connectivity index (χ2n) is 12.5. The van der Waals surface area contributed by atoms with Gasteiger partial charge in [-0.3, -0.25) is 29.4 Å². The molecule has 0 saturated carbocycles. The van der Waals surface area contributed by atoms with Crippen LogP contribution in [0.4, 0.5) is 0 Å². The van der Waals surface area contributed by atoms with Gasteiger partial charge in [0.05, 0.1) is 13.3 Å². The molecule has 0 atom stereocenters. The predicted octanol–water partition coefficient (Wildman–Crippen LogP) is 5.84. The lowest BCUT2D eigenvalue weighted by molar-refractivity contribution is 0.0430. The summed E-state index contributed by atoms with van der Waals surface area (Å²) in [5.41, 5.74) is 0. The average Bonchev–Trinajstić information content (AvgIpc) is 3.31. The maximum Gasteiger partial charge on any atom is 0.0512 e. The topological polar surface area (TPSA) is 19.4 Å². The van der Waals surface area contributed by atoms with Gasteiger partial charge in [0.1, 0.15) is 0 Å². The summed E-state index contributed by atoms with van der Waals surface area (Å²) in [7, 11) is 0. The Morgan fingerprint density at radius 2 is 0.486 bits per heavy atom. The van der Waals surface area contributed by atoms with Crippen molar-refractivity contribution in [3.05, 3.63) is 0 Å². The Morgan fingerprint density at radius 1 is 0.297 bits per heavy atom. The molecule has 3 aliphatic rings. The fourth-order valence-electron chi connectivity index (χ4n) is 4.94. The molecule has 0 aromatic carbocycles. The van der Waals surface area contributed by atoms with Crippen molar-refractivity contribution in [2.24, 2.45) is 0 Å². The van der Waals surface area contributed by atoms with E-state index < -0.39 is 0 Å². The molecule has 0 spiro atoms. The van der Waals surface area contributed by atoms with Crippen LogP contribution < -0.4 is 0 Å². The first kappa shape index (κ1) is 38.9. The van der Waals surface area contributed by atoms with Gasteiger partial charge in [-0.25, -0.2) is 0 Å². The highest BCUT2D eigenvalue weighted by Crippen LogP contribution is 2.12. The van der Waals surface area contributed by atoms with E-state index in [1.807, 2.05) is 0 Å². The minimum Gasteiger partial charge on any atom is -0.298 e. The third kappa shape index (κ3) is 14.6. The molecule has 0 amide bonds. The normalized spacial score (nSPS) is 21.2. The van der Waals surface area contributed by atoms with Crippen LogP contribution in [0.2, 0.25) is 0 Å². The molecule has 3 fully saturated rings. The van der Waals surface area contributed by atoms with Crippen LogP contribution in [0, 0.1) is 0 Å². The molecule has 3 heterocycles. The minimum atomic E-state index is 0. The quantitative estimate of drug-likeness (QED) is 0.428. The van der Waals surface area contributed by atoms with Gasteiger partial charge in [0.15, 0.2) is 0 Å². The van der Waals surface area contributed by atoms with E-state index in [1.54, 1.807) is 0 Å². The third-order valence-electron chi connectivity index (χ3n) is 8.02.